The van der Waals surface area contributed by atoms with Gasteiger partial charge in [-0.25, -0.2) is 0 Å². The Kier molecular flexibility index (Phi) is 6.70. The summed E-state index contributed by atoms with van der Waals surface area (Å²) in [6.07, 6.45) is 3.45. The number of halogens is 1. The highest BCUT2D eigenvalue weighted by Crippen LogP contribution is 2.25. The summed E-state index contributed by atoms with van der Waals surface area (Å²) in [5, 5.41) is 0. The first kappa shape index (κ1) is 20.4. The van der Waals surface area contributed by atoms with Gasteiger partial charge in [-0.3, -0.25) is 4.79 Å². The molecule has 0 bridgehead atoms. The molecular weight excluding hydrogens is 436 g/mol. The van der Waals surface area contributed by atoms with Gasteiger partial charge >= 0.3 is 0 Å². The molecule has 28 heavy (non-hydrogen) atoms. The van der Waals surface area contributed by atoms with Gasteiger partial charge in [-0.05, 0) is 68.0 Å². The van der Waals surface area contributed by atoms with E-state index in [1.807, 2.05) is 68.5 Å². The van der Waals surface area contributed by atoms with Gasteiger partial charge in [0, 0.05) is 25.4 Å². The number of ketones is 1. The van der Waals surface area contributed by atoms with Crippen LogP contribution in [-0.2, 0) is 6.61 Å². The van der Waals surface area contributed by atoms with E-state index < -0.39 is 0 Å². The van der Waals surface area contributed by atoms with Crippen LogP contribution in [0.3, 0.4) is 0 Å². The Hall–Kier alpha value is -2.37. The fourth-order valence-electron chi connectivity index (χ4n) is 2.84. The number of hydrogen-bond donors (Lipinski definition) is 0. The summed E-state index contributed by atoms with van der Waals surface area (Å²) in [5.41, 5.74) is 2.61. The molecule has 0 atom stereocenters. The molecule has 0 radical (unpaired) electrons. The molecule has 0 aliphatic carbocycles. The summed E-state index contributed by atoms with van der Waals surface area (Å²) in [4.78, 5) is 14.7. The second kappa shape index (κ2) is 9.22. The van der Waals surface area contributed by atoms with E-state index in [-0.39, 0.29) is 5.78 Å². The molecule has 0 aliphatic rings. The van der Waals surface area contributed by atoms with Gasteiger partial charge < -0.3 is 9.47 Å². The van der Waals surface area contributed by atoms with Crippen LogP contribution >= 0.6 is 27.3 Å². The number of methoxy groups -OCH3 is 1. The monoisotopic (exact) mass is 456 g/mol. The number of ether oxygens (including phenoxy) is 2. The van der Waals surface area contributed by atoms with E-state index >= 15 is 0 Å². The predicted molar refractivity (Wildman–Crippen MR) is 119 cm³/mol. The van der Waals surface area contributed by atoms with E-state index in [4.69, 9.17) is 9.47 Å². The van der Waals surface area contributed by atoms with E-state index in [1.165, 1.54) is 0 Å². The van der Waals surface area contributed by atoms with Gasteiger partial charge in [-0.1, -0.05) is 28.1 Å². The standard InChI is InChI=1S/C23H21BrO3S/c1-15-12-21(16(2)28-15)22(25)10-4-17-5-11-23(26-3)18(13-17)14-27-20-8-6-19(24)7-9-20/h4-13H,14H2,1-3H3/b10-4+. The second-order valence-electron chi connectivity index (χ2n) is 6.34. The van der Waals surface area contributed by atoms with Crippen molar-refractivity contribution in [1.29, 1.82) is 0 Å². The third-order valence-corrected chi connectivity index (χ3v) is 5.74. The molecule has 0 N–H and O–H groups in total. The quantitative estimate of drug-likeness (QED) is 0.296. The van der Waals surface area contributed by atoms with Gasteiger partial charge in [-0.15, -0.1) is 11.3 Å². The maximum Gasteiger partial charge on any atom is 0.186 e. The highest BCUT2D eigenvalue weighted by atomic mass is 79.9. The Labute approximate surface area is 177 Å². The van der Waals surface area contributed by atoms with Crippen LogP contribution in [0.5, 0.6) is 11.5 Å². The van der Waals surface area contributed by atoms with Crippen molar-refractivity contribution in [1.82, 2.24) is 0 Å². The van der Waals surface area contributed by atoms with Crippen LogP contribution in [0.1, 0.15) is 31.2 Å². The first-order valence-electron chi connectivity index (χ1n) is 8.81. The van der Waals surface area contributed by atoms with Crippen molar-refractivity contribution < 1.29 is 14.3 Å². The zero-order valence-corrected chi connectivity index (χ0v) is 18.4. The Morgan fingerprint density at radius 1 is 1.11 bits per heavy atom. The third kappa shape index (κ3) is 5.12. The molecule has 0 fully saturated rings. The third-order valence-electron chi connectivity index (χ3n) is 4.25. The number of hydrogen-bond acceptors (Lipinski definition) is 4. The molecule has 0 unspecified atom stereocenters. The Balaban J connectivity index is 1.75. The molecule has 1 aromatic heterocycles. The number of carbonyl (C=O) groups excluding carboxylic acids is 1. The van der Waals surface area contributed by atoms with E-state index in [9.17, 15) is 4.79 Å². The summed E-state index contributed by atoms with van der Waals surface area (Å²) in [6, 6.07) is 15.4. The molecule has 5 heteroatoms. The molecule has 144 valence electrons. The largest absolute Gasteiger partial charge is 0.496 e. The maximum atomic E-state index is 12.5. The molecule has 0 saturated heterocycles. The van der Waals surface area contributed by atoms with Crippen LogP contribution in [0.4, 0.5) is 0 Å². The first-order valence-corrected chi connectivity index (χ1v) is 10.4. The van der Waals surface area contributed by atoms with Gasteiger partial charge in [0.1, 0.15) is 18.1 Å². The van der Waals surface area contributed by atoms with Crippen molar-refractivity contribution in [2.24, 2.45) is 0 Å². The van der Waals surface area contributed by atoms with Crippen molar-refractivity contribution in [3.05, 3.63) is 85.5 Å². The van der Waals surface area contributed by atoms with Gasteiger partial charge in [0.25, 0.3) is 0 Å². The minimum Gasteiger partial charge on any atom is -0.496 e. The number of allylic oxidation sites excluding steroid dienone is 1. The van der Waals surface area contributed by atoms with Crippen LogP contribution in [-0.4, -0.2) is 12.9 Å². The van der Waals surface area contributed by atoms with Crippen LogP contribution in [0.2, 0.25) is 0 Å². The molecule has 0 saturated carbocycles. The average Bonchev–Trinajstić information content (AvgIpc) is 3.04. The van der Waals surface area contributed by atoms with E-state index in [1.54, 1.807) is 24.5 Å². The first-order chi connectivity index (χ1) is 13.5. The number of aryl methyl sites for hydroxylation is 2. The number of rotatable bonds is 7. The minimum atomic E-state index is 0.0188. The lowest BCUT2D eigenvalue weighted by atomic mass is 10.1. The fraction of sp³-hybridized carbons (Fsp3) is 0.174. The normalized spacial score (nSPS) is 11.0. The average molecular weight is 457 g/mol. The van der Waals surface area contributed by atoms with Gasteiger partial charge in [0.15, 0.2) is 5.78 Å². The lowest BCUT2D eigenvalue weighted by molar-refractivity contribution is 0.104. The van der Waals surface area contributed by atoms with Crippen molar-refractivity contribution in [3.8, 4) is 11.5 Å². The second-order valence-corrected chi connectivity index (χ2v) is 8.71. The highest BCUT2D eigenvalue weighted by molar-refractivity contribution is 9.10. The lowest BCUT2D eigenvalue weighted by Gasteiger charge is -2.11. The van der Waals surface area contributed by atoms with E-state index in [0.717, 1.165) is 42.4 Å². The number of thiophene rings is 1. The molecule has 2 aromatic carbocycles. The highest BCUT2D eigenvalue weighted by Gasteiger charge is 2.10. The molecule has 3 rings (SSSR count). The smallest absolute Gasteiger partial charge is 0.186 e. The Bertz CT molecular complexity index is 1000. The van der Waals surface area contributed by atoms with Crippen LogP contribution in [0, 0.1) is 13.8 Å². The zero-order valence-electron chi connectivity index (χ0n) is 16.0. The molecule has 0 amide bonds. The molecule has 3 aromatic rings. The summed E-state index contributed by atoms with van der Waals surface area (Å²) >= 11 is 5.06. The molecule has 3 nitrogen and oxygen atoms in total. The summed E-state index contributed by atoms with van der Waals surface area (Å²) in [5.74, 6) is 1.56. The Morgan fingerprint density at radius 3 is 2.50 bits per heavy atom. The molecule has 0 spiro atoms. The van der Waals surface area contributed by atoms with Crippen molar-refractivity contribution in [3.63, 3.8) is 0 Å². The SMILES string of the molecule is COc1ccc(/C=C/C(=O)c2cc(C)sc2C)cc1COc1ccc(Br)cc1. The Morgan fingerprint density at radius 2 is 1.86 bits per heavy atom. The topological polar surface area (TPSA) is 35.5 Å². The lowest BCUT2D eigenvalue weighted by Crippen LogP contribution is -1.99. The van der Waals surface area contributed by atoms with E-state index in [0.29, 0.717) is 6.61 Å². The van der Waals surface area contributed by atoms with Gasteiger partial charge in [-0.2, -0.15) is 0 Å². The van der Waals surface area contributed by atoms with Crippen molar-refractivity contribution in [2.45, 2.75) is 20.5 Å². The van der Waals surface area contributed by atoms with Gasteiger partial charge in [0.2, 0.25) is 0 Å². The summed E-state index contributed by atoms with van der Waals surface area (Å²) < 4.78 is 12.3. The fourth-order valence-corrected chi connectivity index (χ4v) is 4.04. The van der Waals surface area contributed by atoms with Crippen molar-refractivity contribution >= 4 is 39.1 Å². The van der Waals surface area contributed by atoms with E-state index in [2.05, 4.69) is 15.9 Å². The predicted octanol–water partition coefficient (Wildman–Crippen LogP) is 6.61. The van der Waals surface area contributed by atoms with Crippen LogP contribution in [0.25, 0.3) is 6.08 Å². The molecule has 1 heterocycles. The maximum absolute atomic E-state index is 12.5. The zero-order chi connectivity index (χ0) is 20.1. The van der Waals surface area contributed by atoms with Gasteiger partial charge in [0.05, 0.1) is 7.11 Å². The number of benzene rings is 2. The van der Waals surface area contributed by atoms with Crippen molar-refractivity contribution in [2.75, 3.05) is 7.11 Å². The summed E-state index contributed by atoms with van der Waals surface area (Å²) in [6.45, 7) is 4.37. The molecule has 0 aliphatic heterocycles. The summed E-state index contributed by atoms with van der Waals surface area (Å²) in [7, 11) is 1.64. The minimum absolute atomic E-state index is 0.0188. The van der Waals surface area contributed by atoms with Crippen LogP contribution < -0.4 is 9.47 Å². The van der Waals surface area contributed by atoms with Crippen LogP contribution in [0.15, 0.2) is 59.1 Å². The number of carbonyl (C=O) groups is 1. The molecular formula is C23H21BrO3S.